The van der Waals surface area contributed by atoms with Gasteiger partial charge in [-0.25, -0.2) is 9.18 Å². The van der Waals surface area contributed by atoms with E-state index in [9.17, 15) is 14.0 Å². The Hall–Kier alpha value is -1.91. The summed E-state index contributed by atoms with van der Waals surface area (Å²) < 4.78 is 18.7. The first-order chi connectivity index (χ1) is 9.76. The lowest BCUT2D eigenvalue weighted by Gasteiger charge is -2.26. The monoisotopic (exact) mass is 293 g/mol. The van der Waals surface area contributed by atoms with Gasteiger partial charge in [0.05, 0.1) is 5.41 Å². The molecular formula is C16H20FNO3. The lowest BCUT2D eigenvalue weighted by atomic mass is 9.81. The van der Waals surface area contributed by atoms with Gasteiger partial charge in [-0.15, -0.1) is 0 Å². The van der Waals surface area contributed by atoms with Crippen LogP contribution in [0.4, 0.5) is 9.18 Å². The van der Waals surface area contributed by atoms with Crippen LogP contribution in [0.25, 0.3) is 0 Å². The molecule has 0 saturated carbocycles. The number of benzene rings is 1. The van der Waals surface area contributed by atoms with Crippen molar-refractivity contribution in [3.8, 4) is 0 Å². The van der Waals surface area contributed by atoms with Gasteiger partial charge in [0.25, 0.3) is 0 Å². The molecule has 1 aliphatic rings. The summed E-state index contributed by atoms with van der Waals surface area (Å²) in [5.74, 6) is -0.385. The van der Waals surface area contributed by atoms with E-state index in [4.69, 9.17) is 4.74 Å². The Morgan fingerprint density at radius 3 is 2.71 bits per heavy atom. The van der Waals surface area contributed by atoms with Gasteiger partial charge in [-0.1, -0.05) is 12.1 Å². The minimum atomic E-state index is -0.848. The molecule has 1 saturated heterocycles. The van der Waals surface area contributed by atoms with E-state index in [1.54, 1.807) is 32.9 Å². The zero-order valence-corrected chi connectivity index (χ0v) is 12.6. The molecule has 114 valence electrons. The molecule has 1 heterocycles. The number of nitrogens with zero attached hydrogens (tertiary/aromatic N) is 1. The smallest absolute Gasteiger partial charge is 0.410 e. The van der Waals surface area contributed by atoms with Crippen LogP contribution in [0.15, 0.2) is 24.3 Å². The first kappa shape index (κ1) is 15.5. The molecule has 1 atom stereocenters. The SMILES string of the molecule is CC(C)(C)OC(=O)N1CC[C@](C=O)(c2cccc(F)c2)C1. The molecule has 0 bridgehead atoms. The number of rotatable bonds is 2. The molecule has 0 N–H and O–H groups in total. The molecule has 0 radical (unpaired) electrons. The summed E-state index contributed by atoms with van der Waals surface area (Å²) in [7, 11) is 0. The van der Waals surface area contributed by atoms with Crippen molar-refractivity contribution in [3.63, 3.8) is 0 Å². The average molecular weight is 293 g/mol. The lowest BCUT2D eigenvalue weighted by molar-refractivity contribution is -0.112. The lowest BCUT2D eigenvalue weighted by Crippen LogP contribution is -2.38. The van der Waals surface area contributed by atoms with Gasteiger partial charge in [0.1, 0.15) is 17.7 Å². The van der Waals surface area contributed by atoms with Gasteiger partial charge in [0, 0.05) is 13.1 Å². The predicted molar refractivity (Wildman–Crippen MR) is 76.6 cm³/mol. The molecule has 1 fully saturated rings. The molecule has 5 heteroatoms. The fourth-order valence-electron chi connectivity index (χ4n) is 2.51. The Morgan fingerprint density at radius 2 is 2.14 bits per heavy atom. The van der Waals surface area contributed by atoms with E-state index in [1.807, 2.05) is 0 Å². The van der Waals surface area contributed by atoms with Crippen LogP contribution in [0.5, 0.6) is 0 Å². The van der Waals surface area contributed by atoms with Gasteiger partial charge in [-0.2, -0.15) is 0 Å². The third kappa shape index (κ3) is 3.40. The highest BCUT2D eigenvalue weighted by Gasteiger charge is 2.42. The number of carbonyl (C=O) groups is 2. The molecule has 1 amide bonds. The van der Waals surface area contributed by atoms with E-state index in [0.717, 1.165) is 6.29 Å². The number of hydrogen-bond acceptors (Lipinski definition) is 3. The summed E-state index contributed by atoms with van der Waals surface area (Å²) >= 11 is 0. The summed E-state index contributed by atoms with van der Waals surface area (Å²) in [6, 6.07) is 5.98. The molecule has 2 rings (SSSR count). The van der Waals surface area contributed by atoms with E-state index in [2.05, 4.69) is 0 Å². The van der Waals surface area contributed by atoms with Crippen molar-refractivity contribution in [2.75, 3.05) is 13.1 Å². The summed E-state index contributed by atoms with van der Waals surface area (Å²) in [5, 5.41) is 0. The van der Waals surface area contributed by atoms with Gasteiger partial charge >= 0.3 is 6.09 Å². The van der Waals surface area contributed by atoms with Gasteiger partial charge < -0.3 is 14.4 Å². The standard InChI is InChI=1S/C16H20FNO3/c1-15(2,3)21-14(20)18-8-7-16(10-18,11-19)12-5-4-6-13(17)9-12/h4-6,9,11H,7-8,10H2,1-3H3/t16-/m0/s1. The zero-order chi connectivity index (χ0) is 15.7. The summed E-state index contributed by atoms with van der Waals surface area (Å²) in [5.41, 5.74) is -0.829. The Labute approximate surface area is 123 Å². The van der Waals surface area contributed by atoms with Crippen molar-refractivity contribution in [2.45, 2.75) is 38.2 Å². The van der Waals surface area contributed by atoms with Crippen LogP contribution in [-0.2, 0) is 14.9 Å². The first-order valence-electron chi connectivity index (χ1n) is 6.96. The highest BCUT2D eigenvalue weighted by molar-refractivity contribution is 5.75. The molecule has 0 aliphatic carbocycles. The quantitative estimate of drug-likeness (QED) is 0.788. The second-order valence-corrected chi connectivity index (χ2v) is 6.44. The van der Waals surface area contributed by atoms with Gasteiger partial charge in [0.2, 0.25) is 0 Å². The largest absolute Gasteiger partial charge is 0.444 e. The van der Waals surface area contributed by atoms with Crippen LogP contribution < -0.4 is 0 Å². The topological polar surface area (TPSA) is 46.6 Å². The minimum Gasteiger partial charge on any atom is -0.444 e. The molecular weight excluding hydrogens is 273 g/mol. The van der Waals surface area contributed by atoms with Gasteiger partial charge in [0.15, 0.2) is 0 Å². The van der Waals surface area contributed by atoms with E-state index < -0.39 is 17.1 Å². The maximum atomic E-state index is 13.4. The number of aldehydes is 1. The number of hydrogen-bond donors (Lipinski definition) is 0. The molecule has 1 aliphatic heterocycles. The predicted octanol–water partition coefficient (Wildman–Crippen LogP) is 2.90. The van der Waals surface area contributed by atoms with E-state index in [-0.39, 0.29) is 12.4 Å². The number of ether oxygens (including phenoxy) is 1. The summed E-state index contributed by atoms with van der Waals surface area (Å²) in [6.45, 7) is 6.01. The maximum Gasteiger partial charge on any atom is 0.410 e. The van der Waals surface area contributed by atoms with Crippen LogP contribution >= 0.6 is 0 Å². The molecule has 0 spiro atoms. The number of halogens is 1. The Kier molecular flexibility index (Phi) is 4.03. The van der Waals surface area contributed by atoms with Crippen molar-refractivity contribution in [1.29, 1.82) is 0 Å². The first-order valence-corrected chi connectivity index (χ1v) is 6.96. The molecule has 1 aromatic rings. The molecule has 21 heavy (non-hydrogen) atoms. The summed E-state index contributed by atoms with van der Waals surface area (Å²) in [6.07, 6.45) is 0.841. The highest BCUT2D eigenvalue weighted by Crippen LogP contribution is 2.33. The molecule has 4 nitrogen and oxygen atoms in total. The van der Waals surface area contributed by atoms with Crippen LogP contribution in [0.1, 0.15) is 32.8 Å². The third-order valence-electron chi connectivity index (χ3n) is 3.58. The van der Waals surface area contributed by atoms with Crippen molar-refractivity contribution in [3.05, 3.63) is 35.6 Å². The van der Waals surface area contributed by atoms with Gasteiger partial charge in [-0.05, 0) is 44.9 Å². The fraction of sp³-hybridized carbons (Fsp3) is 0.500. The number of carbonyl (C=O) groups excluding carboxylic acids is 2. The van der Waals surface area contributed by atoms with Gasteiger partial charge in [-0.3, -0.25) is 0 Å². The van der Waals surface area contributed by atoms with Crippen molar-refractivity contribution >= 4 is 12.4 Å². The van der Waals surface area contributed by atoms with Crippen LogP contribution in [-0.4, -0.2) is 36.0 Å². The van der Waals surface area contributed by atoms with Crippen LogP contribution in [0.3, 0.4) is 0 Å². The molecule has 0 unspecified atom stereocenters. The maximum absolute atomic E-state index is 13.4. The normalized spacial score (nSPS) is 22.2. The average Bonchev–Trinajstić information content (AvgIpc) is 2.82. The number of likely N-dealkylation sites (tertiary alicyclic amines) is 1. The molecule has 1 aromatic carbocycles. The fourth-order valence-corrected chi connectivity index (χ4v) is 2.51. The van der Waals surface area contributed by atoms with Crippen LogP contribution in [0.2, 0.25) is 0 Å². The van der Waals surface area contributed by atoms with E-state index in [0.29, 0.717) is 18.5 Å². The van der Waals surface area contributed by atoms with Crippen LogP contribution in [0, 0.1) is 5.82 Å². The highest BCUT2D eigenvalue weighted by atomic mass is 19.1. The second-order valence-electron chi connectivity index (χ2n) is 6.44. The Balaban J connectivity index is 2.18. The van der Waals surface area contributed by atoms with E-state index in [1.165, 1.54) is 17.0 Å². The Bertz CT molecular complexity index is 553. The molecule has 0 aromatic heterocycles. The van der Waals surface area contributed by atoms with E-state index >= 15 is 0 Å². The second kappa shape index (κ2) is 5.47. The number of amides is 1. The van der Waals surface area contributed by atoms with Crippen molar-refractivity contribution < 1.29 is 18.7 Å². The third-order valence-corrected chi connectivity index (χ3v) is 3.58. The summed E-state index contributed by atoms with van der Waals surface area (Å²) in [4.78, 5) is 25.2. The van der Waals surface area contributed by atoms with Crippen molar-refractivity contribution in [2.24, 2.45) is 0 Å². The Morgan fingerprint density at radius 1 is 1.43 bits per heavy atom. The zero-order valence-electron chi connectivity index (χ0n) is 12.6. The van der Waals surface area contributed by atoms with Crippen molar-refractivity contribution in [1.82, 2.24) is 4.90 Å². The minimum absolute atomic E-state index is 0.217.